The van der Waals surface area contributed by atoms with Gasteiger partial charge in [-0.05, 0) is 32.0 Å². The summed E-state index contributed by atoms with van der Waals surface area (Å²) in [5.74, 6) is -1.56. The van der Waals surface area contributed by atoms with E-state index >= 15 is 0 Å². The van der Waals surface area contributed by atoms with Crippen molar-refractivity contribution in [3.05, 3.63) is 0 Å². The number of hydrogen-bond acceptors (Lipinski definition) is 6. The second-order valence-corrected chi connectivity index (χ2v) is 13.1. The maximum Gasteiger partial charge on any atom is 0.522 e. The molecule has 0 amide bonds. The van der Waals surface area contributed by atoms with E-state index in [0.717, 1.165) is 19.3 Å². The molecule has 7 nitrogen and oxygen atoms in total. The van der Waals surface area contributed by atoms with Crippen LogP contribution in [0.15, 0.2) is 0 Å². The molecule has 1 aliphatic heterocycles. The number of carboxylic acids is 1. The van der Waals surface area contributed by atoms with Gasteiger partial charge in [-0.15, -0.1) is 0 Å². The average Bonchev–Trinajstić information content (AvgIpc) is 2.93. The van der Waals surface area contributed by atoms with Crippen molar-refractivity contribution < 1.29 is 44.8 Å². The molecule has 0 bridgehead atoms. The number of aliphatic carboxylic acids is 1. The number of hydrogen-bond donors (Lipinski definition) is 1. The number of carbonyl (C=O) groups is 1. The molecular formula is C14H25F3O7SSi. The lowest BCUT2D eigenvalue weighted by Crippen LogP contribution is -2.38. The monoisotopic (exact) mass is 422 g/mol. The zero-order chi connectivity index (χ0) is 20.2. The zero-order valence-electron chi connectivity index (χ0n) is 15.0. The summed E-state index contributed by atoms with van der Waals surface area (Å²) < 4.78 is 71.5. The molecule has 26 heavy (non-hydrogen) atoms. The van der Waals surface area contributed by atoms with E-state index in [2.05, 4.69) is 3.87 Å². The molecule has 1 atom stereocenters. The maximum absolute atomic E-state index is 11.8. The first-order chi connectivity index (χ1) is 11.7. The lowest BCUT2D eigenvalue weighted by Gasteiger charge is -2.34. The highest BCUT2D eigenvalue weighted by molar-refractivity contribution is 7.88. The first-order valence-electron chi connectivity index (χ1n) is 8.26. The molecule has 2 fully saturated rings. The summed E-state index contributed by atoms with van der Waals surface area (Å²) in [6.45, 7) is 5.63. The Balaban J connectivity index is 0.000000260. The molecule has 1 N–H and O–H groups in total. The first-order valence-corrected chi connectivity index (χ1v) is 12.8. The van der Waals surface area contributed by atoms with Gasteiger partial charge in [0.1, 0.15) is 0 Å². The van der Waals surface area contributed by atoms with Gasteiger partial charge in [0, 0.05) is 12.8 Å². The van der Waals surface area contributed by atoms with Gasteiger partial charge in [0.05, 0.1) is 19.1 Å². The van der Waals surface area contributed by atoms with Gasteiger partial charge in [-0.25, -0.2) is 0 Å². The Hall–Kier alpha value is -0.693. The molecule has 1 spiro atoms. The standard InChI is InChI=1S/C9H14O4.C5H11F3O3SSi/c10-8(11)7-2-1-3-9(6-7)12-4-5-13-9;1-4-13(2,3)11-12(9,10)5(6,7)8/h7H,1-6H2,(H,10,11);4H2,1-3H3. The summed E-state index contributed by atoms with van der Waals surface area (Å²) in [6, 6.07) is 0.308. The summed E-state index contributed by atoms with van der Waals surface area (Å²) in [4.78, 5) is 10.8. The SMILES string of the molecule is CC[Si](C)(C)OS(=O)(=O)C(F)(F)F.O=C(O)C1CCCC2(C1)OCCO2. The van der Waals surface area contributed by atoms with E-state index < -0.39 is 35.7 Å². The van der Waals surface area contributed by atoms with Gasteiger partial charge < -0.3 is 18.5 Å². The van der Waals surface area contributed by atoms with Gasteiger partial charge in [-0.1, -0.05) is 6.92 Å². The fourth-order valence-corrected chi connectivity index (χ4v) is 5.80. The minimum atomic E-state index is -5.41. The van der Waals surface area contributed by atoms with Gasteiger partial charge >= 0.3 is 21.6 Å². The smallest absolute Gasteiger partial charge is 0.481 e. The van der Waals surface area contributed by atoms with Crippen molar-refractivity contribution in [3.8, 4) is 0 Å². The molecule has 12 heteroatoms. The molecule has 1 saturated heterocycles. The summed E-state index contributed by atoms with van der Waals surface area (Å²) in [7, 11) is -8.14. The van der Waals surface area contributed by atoms with E-state index in [0.29, 0.717) is 25.7 Å². The minimum absolute atomic E-state index is 0.285. The molecule has 154 valence electrons. The largest absolute Gasteiger partial charge is 0.522 e. The van der Waals surface area contributed by atoms with Crippen LogP contribution in [0.5, 0.6) is 0 Å². The van der Waals surface area contributed by atoms with Crippen LogP contribution in [-0.2, 0) is 28.3 Å². The van der Waals surface area contributed by atoms with Crippen LogP contribution >= 0.6 is 0 Å². The van der Waals surface area contributed by atoms with E-state index in [4.69, 9.17) is 14.6 Å². The van der Waals surface area contributed by atoms with Gasteiger partial charge in [0.15, 0.2) is 5.79 Å². The van der Waals surface area contributed by atoms with Gasteiger partial charge in [0.25, 0.3) is 0 Å². The maximum atomic E-state index is 11.8. The summed E-state index contributed by atoms with van der Waals surface area (Å²) in [5.41, 5.74) is -5.31. The Bertz CT molecular complexity index is 586. The number of ether oxygens (including phenoxy) is 2. The van der Waals surface area contributed by atoms with Crippen LogP contribution in [0, 0.1) is 5.92 Å². The normalized spacial score (nSPS) is 23.4. The second kappa shape index (κ2) is 8.55. The molecule has 1 heterocycles. The molecule has 2 aliphatic rings. The van der Waals surface area contributed by atoms with Crippen molar-refractivity contribution in [1.82, 2.24) is 0 Å². The Labute approximate surface area is 152 Å². The quantitative estimate of drug-likeness (QED) is 0.549. The third-order valence-electron chi connectivity index (χ3n) is 4.30. The summed E-state index contributed by atoms with van der Waals surface area (Å²) in [6.07, 6.45) is 3.00. The molecule has 2 rings (SSSR count). The first kappa shape index (κ1) is 23.3. The second-order valence-electron chi connectivity index (χ2n) is 6.84. The molecule has 1 saturated carbocycles. The van der Waals surface area contributed by atoms with E-state index in [9.17, 15) is 26.4 Å². The van der Waals surface area contributed by atoms with E-state index in [1.807, 2.05) is 0 Å². The van der Waals surface area contributed by atoms with Crippen molar-refractivity contribution in [1.29, 1.82) is 0 Å². The van der Waals surface area contributed by atoms with Crippen molar-refractivity contribution >= 4 is 24.4 Å². The lowest BCUT2D eigenvalue weighted by atomic mass is 9.85. The van der Waals surface area contributed by atoms with Crippen molar-refractivity contribution in [2.75, 3.05) is 13.2 Å². The van der Waals surface area contributed by atoms with Crippen molar-refractivity contribution in [2.24, 2.45) is 5.92 Å². The Kier molecular flexibility index (Phi) is 7.67. The molecule has 0 aromatic heterocycles. The number of carboxylic acid groups (broad SMARTS) is 1. The lowest BCUT2D eigenvalue weighted by molar-refractivity contribution is -0.193. The Morgan fingerprint density at radius 2 is 1.85 bits per heavy atom. The van der Waals surface area contributed by atoms with Gasteiger partial charge in [0.2, 0.25) is 8.32 Å². The van der Waals surface area contributed by atoms with Crippen LogP contribution in [0.2, 0.25) is 19.1 Å². The Morgan fingerprint density at radius 1 is 1.31 bits per heavy atom. The summed E-state index contributed by atoms with van der Waals surface area (Å²) in [5, 5.41) is 8.87. The molecule has 1 unspecified atom stereocenters. The van der Waals surface area contributed by atoms with Crippen LogP contribution in [0.25, 0.3) is 0 Å². The van der Waals surface area contributed by atoms with Crippen molar-refractivity contribution in [3.63, 3.8) is 0 Å². The molecule has 0 aromatic rings. The fourth-order valence-electron chi connectivity index (χ4n) is 2.57. The third-order valence-corrected chi connectivity index (χ3v) is 9.25. The topological polar surface area (TPSA) is 99.1 Å². The van der Waals surface area contributed by atoms with Gasteiger partial charge in [-0.2, -0.15) is 21.6 Å². The number of rotatable bonds is 4. The number of alkyl halides is 3. The zero-order valence-corrected chi connectivity index (χ0v) is 16.8. The fraction of sp³-hybridized carbons (Fsp3) is 0.929. The minimum Gasteiger partial charge on any atom is -0.481 e. The average molecular weight is 422 g/mol. The van der Waals surface area contributed by atoms with Crippen molar-refractivity contribution in [2.45, 2.75) is 63.0 Å². The van der Waals surface area contributed by atoms with E-state index in [1.54, 1.807) is 6.92 Å². The van der Waals surface area contributed by atoms with Crippen LogP contribution < -0.4 is 0 Å². The van der Waals surface area contributed by atoms with E-state index in [1.165, 1.54) is 13.1 Å². The molecule has 0 aromatic carbocycles. The third kappa shape index (κ3) is 6.48. The van der Waals surface area contributed by atoms with E-state index in [-0.39, 0.29) is 5.92 Å². The highest BCUT2D eigenvalue weighted by atomic mass is 32.2. The number of halogens is 3. The van der Waals surface area contributed by atoms with Crippen LogP contribution in [0.3, 0.4) is 0 Å². The van der Waals surface area contributed by atoms with Gasteiger partial charge in [-0.3, -0.25) is 4.79 Å². The highest BCUT2D eigenvalue weighted by Gasteiger charge is 2.49. The summed E-state index contributed by atoms with van der Waals surface area (Å²) >= 11 is 0. The van der Waals surface area contributed by atoms with Crippen LogP contribution in [-0.4, -0.2) is 52.3 Å². The molecular weight excluding hydrogens is 397 g/mol. The van der Waals surface area contributed by atoms with Crippen LogP contribution in [0.4, 0.5) is 13.2 Å². The molecule has 0 radical (unpaired) electrons. The molecule has 1 aliphatic carbocycles. The predicted octanol–water partition coefficient (Wildman–Crippen LogP) is 3.08. The highest BCUT2D eigenvalue weighted by Crippen LogP contribution is 2.38. The predicted molar refractivity (Wildman–Crippen MR) is 88.3 cm³/mol. The van der Waals surface area contributed by atoms with Crippen LogP contribution in [0.1, 0.15) is 32.6 Å². The Morgan fingerprint density at radius 3 is 2.27 bits per heavy atom.